The molecule has 0 radical (unpaired) electrons. The first kappa shape index (κ1) is 18.2. The topological polar surface area (TPSA) is 67.4 Å². The molecule has 0 atom stereocenters. The average Bonchev–Trinajstić information content (AvgIpc) is 2.46. The molecule has 0 aliphatic heterocycles. The van der Waals surface area contributed by atoms with E-state index in [1.165, 1.54) is 0 Å². The molecule has 0 heterocycles. The van der Waals surface area contributed by atoms with Gasteiger partial charge in [-0.25, -0.2) is 0 Å². The summed E-state index contributed by atoms with van der Waals surface area (Å²) in [5.74, 6) is -0.212. The van der Waals surface area contributed by atoms with Gasteiger partial charge in [0.1, 0.15) is 0 Å². The zero-order valence-electron chi connectivity index (χ0n) is 13.6. The van der Waals surface area contributed by atoms with Crippen LogP contribution in [0.1, 0.15) is 42.6 Å². The number of carbonyl (C=O) groups excluding carboxylic acids is 2. The van der Waals surface area contributed by atoms with Gasteiger partial charge in [-0.3, -0.25) is 9.59 Å². The second-order valence-electron chi connectivity index (χ2n) is 5.50. The summed E-state index contributed by atoms with van der Waals surface area (Å²) in [6, 6.07) is 7.37. The molecule has 1 rings (SSSR count). The number of hydrogen-bond donors (Lipinski definition) is 2. The van der Waals surface area contributed by atoms with E-state index in [1.54, 1.807) is 6.07 Å². The zero-order valence-corrected chi connectivity index (χ0v) is 13.6. The predicted octanol–water partition coefficient (Wildman–Crippen LogP) is 2.05. The molecule has 0 saturated heterocycles. The van der Waals surface area contributed by atoms with Crippen molar-refractivity contribution in [2.75, 3.05) is 19.7 Å². The quantitative estimate of drug-likeness (QED) is 0.686. The molecular weight excluding hydrogens is 280 g/mol. The molecule has 2 N–H and O–H groups in total. The third-order valence-electron chi connectivity index (χ3n) is 3.01. The van der Waals surface area contributed by atoms with E-state index in [4.69, 9.17) is 4.74 Å². The van der Waals surface area contributed by atoms with Gasteiger partial charge in [-0.1, -0.05) is 17.7 Å². The van der Waals surface area contributed by atoms with Crippen molar-refractivity contribution in [3.8, 4) is 0 Å². The molecule has 2 amide bonds. The summed E-state index contributed by atoms with van der Waals surface area (Å²) in [7, 11) is 0. The Morgan fingerprint density at radius 2 is 1.95 bits per heavy atom. The van der Waals surface area contributed by atoms with E-state index < -0.39 is 0 Å². The molecule has 1 aromatic carbocycles. The summed E-state index contributed by atoms with van der Waals surface area (Å²) >= 11 is 0. The van der Waals surface area contributed by atoms with Crippen molar-refractivity contribution in [1.82, 2.24) is 10.6 Å². The van der Waals surface area contributed by atoms with Crippen LogP contribution >= 0.6 is 0 Å². The van der Waals surface area contributed by atoms with Gasteiger partial charge in [0.15, 0.2) is 0 Å². The van der Waals surface area contributed by atoms with E-state index in [-0.39, 0.29) is 24.3 Å². The summed E-state index contributed by atoms with van der Waals surface area (Å²) in [5.41, 5.74) is 1.65. The van der Waals surface area contributed by atoms with Crippen LogP contribution < -0.4 is 10.6 Å². The highest BCUT2D eigenvalue weighted by Crippen LogP contribution is 2.03. The lowest BCUT2D eigenvalue weighted by atomic mass is 10.1. The highest BCUT2D eigenvalue weighted by Gasteiger charge is 2.06. The fourth-order valence-electron chi connectivity index (χ4n) is 1.89. The Balaban J connectivity index is 2.13. The summed E-state index contributed by atoms with van der Waals surface area (Å²) < 4.78 is 5.39. The lowest BCUT2D eigenvalue weighted by molar-refractivity contribution is -0.121. The van der Waals surface area contributed by atoms with E-state index in [0.29, 0.717) is 25.3 Å². The minimum Gasteiger partial charge on any atom is -0.379 e. The van der Waals surface area contributed by atoms with Crippen molar-refractivity contribution >= 4 is 11.8 Å². The van der Waals surface area contributed by atoms with Gasteiger partial charge in [-0.2, -0.15) is 0 Å². The summed E-state index contributed by atoms with van der Waals surface area (Å²) in [4.78, 5) is 23.5. The number of benzene rings is 1. The van der Waals surface area contributed by atoms with Crippen LogP contribution in [-0.2, 0) is 9.53 Å². The predicted molar refractivity (Wildman–Crippen MR) is 86.8 cm³/mol. The maximum Gasteiger partial charge on any atom is 0.251 e. The molecule has 1 aromatic rings. The van der Waals surface area contributed by atoms with Gasteiger partial charge in [-0.05, 0) is 39.3 Å². The summed E-state index contributed by atoms with van der Waals surface area (Å²) in [5, 5.41) is 5.56. The van der Waals surface area contributed by atoms with Crippen LogP contribution in [0.5, 0.6) is 0 Å². The first-order chi connectivity index (χ1) is 10.5. The molecule has 0 aliphatic carbocycles. The van der Waals surface area contributed by atoms with Gasteiger partial charge in [0.25, 0.3) is 5.91 Å². The van der Waals surface area contributed by atoms with Gasteiger partial charge in [0.05, 0.1) is 6.10 Å². The first-order valence-corrected chi connectivity index (χ1v) is 7.72. The standard InChI is InChI=1S/C17H26N2O3/c1-13(2)22-11-5-9-18-16(20)8-10-19-17(21)15-7-4-6-14(3)12-15/h4,6-7,12-13H,5,8-11H2,1-3H3,(H,18,20)(H,19,21). The second kappa shape index (κ2) is 9.95. The van der Waals surface area contributed by atoms with Crippen LogP contribution in [0, 0.1) is 6.92 Å². The molecule has 0 fully saturated rings. The number of rotatable bonds is 9. The fourth-order valence-corrected chi connectivity index (χ4v) is 1.89. The van der Waals surface area contributed by atoms with Crippen molar-refractivity contribution in [2.45, 2.75) is 39.7 Å². The number of hydrogen-bond acceptors (Lipinski definition) is 3. The van der Waals surface area contributed by atoms with E-state index in [9.17, 15) is 9.59 Å². The third kappa shape index (κ3) is 7.78. The van der Waals surface area contributed by atoms with Gasteiger partial charge >= 0.3 is 0 Å². The molecule has 0 unspecified atom stereocenters. The lowest BCUT2D eigenvalue weighted by Crippen LogP contribution is -2.31. The van der Waals surface area contributed by atoms with Crippen LogP contribution in [0.25, 0.3) is 0 Å². The molecule has 0 spiro atoms. The molecule has 5 nitrogen and oxygen atoms in total. The monoisotopic (exact) mass is 306 g/mol. The van der Waals surface area contributed by atoms with Crippen molar-refractivity contribution in [1.29, 1.82) is 0 Å². The Kier molecular flexibility index (Phi) is 8.22. The van der Waals surface area contributed by atoms with Crippen molar-refractivity contribution < 1.29 is 14.3 Å². The Hall–Kier alpha value is -1.88. The lowest BCUT2D eigenvalue weighted by Gasteiger charge is -2.09. The number of nitrogens with one attached hydrogen (secondary N) is 2. The van der Waals surface area contributed by atoms with Gasteiger partial charge in [0, 0.05) is 31.7 Å². The van der Waals surface area contributed by atoms with Gasteiger partial charge < -0.3 is 15.4 Å². The maximum absolute atomic E-state index is 11.9. The normalized spacial score (nSPS) is 10.5. The van der Waals surface area contributed by atoms with Crippen LogP contribution in [0.2, 0.25) is 0 Å². The van der Waals surface area contributed by atoms with Gasteiger partial charge in [-0.15, -0.1) is 0 Å². The molecule has 0 aromatic heterocycles. The molecule has 122 valence electrons. The van der Waals surface area contributed by atoms with E-state index in [2.05, 4.69) is 10.6 Å². The van der Waals surface area contributed by atoms with E-state index in [0.717, 1.165) is 12.0 Å². The van der Waals surface area contributed by atoms with E-state index in [1.807, 2.05) is 39.0 Å². The second-order valence-corrected chi connectivity index (χ2v) is 5.50. The Morgan fingerprint density at radius 3 is 2.64 bits per heavy atom. The summed E-state index contributed by atoms with van der Waals surface area (Å²) in [6.45, 7) is 7.47. The molecule has 0 bridgehead atoms. The van der Waals surface area contributed by atoms with Crippen LogP contribution in [0.3, 0.4) is 0 Å². The molecule has 0 saturated carbocycles. The van der Waals surface area contributed by atoms with E-state index >= 15 is 0 Å². The molecule has 5 heteroatoms. The third-order valence-corrected chi connectivity index (χ3v) is 3.01. The first-order valence-electron chi connectivity index (χ1n) is 7.72. The maximum atomic E-state index is 11.9. The Bertz CT molecular complexity index is 487. The molecule has 22 heavy (non-hydrogen) atoms. The number of amides is 2. The highest BCUT2D eigenvalue weighted by molar-refractivity contribution is 5.94. The minimum atomic E-state index is -0.151. The smallest absolute Gasteiger partial charge is 0.251 e. The minimum absolute atomic E-state index is 0.0610. The summed E-state index contributed by atoms with van der Waals surface area (Å²) in [6.07, 6.45) is 1.29. The van der Waals surface area contributed by atoms with Crippen LogP contribution in [-0.4, -0.2) is 37.6 Å². The Morgan fingerprint density at radius 1 is 1.18 bits per heavy atom. The van der Waals surface area contributed by atoms with Crippen LogP contribution in [0.4, 0.5) is 0 Å². The number of aryl methyl sites for hydroxylation is 1. The number of ether oxygens (including phenoxy) is 1. The molecular formula is C17H26N2O3. The largest absolute Gasteiger partial charge is 0.379 e. The SMILES string of the molecule is Cc1cccc(C(=O)NCCC(=O)NCCCOC(C)C)c1. The van der Waals surface area contributed by atoms with Crippen LogP contribution in [0.15, 0.2) is 24.3 Å². The van der Waals surface area contributed by atoms with Crippen molar-refractivity contribution in [2.24, 2.45) is 0 Å². The van der Waals surface area contributed by atoms with Crippen molar-refractivity contribution in [3.05, 3.63) is 35.4 Å². The highest BCUT2D eigenvalue weighted by atomic mass is 16.5. The van der Waals surface area contributed by atoms with Gasteiger partial charge in [0.2, 0.25) is 5.91 Å². The van der Waals surface area contributed by atoms with Crippen molar-refractivity contribution in [3.63, 3.8) is 0 Å². The number of carbonyl (C=O) groups is 2. The Labute approximate surface area is 132 Å². The molecule has 0 aliphatic rings. The fraction of sp³-hybridized carbons (Fsp3) is 0.529. The zero-order chi connectivity index (χ0) is 16.4. The average molecular weight is 306 g/mol.